The second-order valence-corrected chi connectivity index (χ2v) is 7.21. The molecular formula is C16H18BrNS. The lowest BCUT2D eigenvalue weighted by Gasteiger charge is -2.36. The van der Waals surface area contributed by atoms with Gasteiger partial charge in [0.25, 0.3) is 0 Å². The molecule has 3 rings (SSSR count). The third-order valence-electron chi connectivity index (χ3n) is 3.89. The van der Waals surface area contributed by atoms with E-state index in [-0.39, 0.29) is 0 Å². The van der Waals surface area contributed by atoms with E-state index in [4.69, 9.17) is 0 Å². The maximum Gasteiger partial charge on any atom is 0.0327 e. The van der Waals surface area contributed by atoms with E-state index in [1.165, 1.54) is 33.3 Å². The molecule has 100 valence electrons. The Labute approximate surface area is 127 Å². The lowest BCUT2D eigenvalue weighted by atomic mass is 9.75. The van der Waals surface area contributed by atoms with Gasteiger partial charge in [0.2, 0.25) is 0 Å². The second kappa shape index (κ2) is 5.78. The fraction of sp³-hybridized carbons (Fsp3) is 0.375. The van der Waals surface area contributed by atoms with E-state index in [2.05, 4.69) is 63.9 Å². The number of aryl methyl sites for hydroxylation is 1. The van der Waals surface area contributed by atoms with Gasteiger partial charge in [-0.05, 0) is 58.6 Å². The zero-order valence-corrected chi connectivity index (χ0v) is 13.4. The fourth-order valence-corrected chi connectivity index (χ4v) is 4.11. The van der Waals surface area contributed by atoms with Crippen LogP contribution in [0, 0.1) is 6.92 Å². The number of halogens is 1. The van der Waals surface area contributed by atoms with Crippen LogP contribution < -0.4 is 5.32 Å². The molecule has 0 amide bonds. The number of hydrogen-bond acceptors (Lipinski definition) is 2. The van der Waals surface area contributed by atoms with Crippen molar-refractivity contribution in [3.8, 4) is 0 Å². The summed E-state index contributed by atoms with van der Waals surface area (Å²) >= 11 is 5.40. The molecule has 0 spiro atoms. The van der Waals surface area contributed by atoms with Crippen molar-refractivity contribution in [3.63, 3.8) is 0 Å². The summed E-state index contributed by atoms with van der Waals surface area (Å²) in [5.41, 5.74) is 2.88. The van der Waals surface area contributed by atoms with Crippen LogP contribution in [0.3, 0.4) is 0 Å². The Morgan fingerprint density at radius 2 is 2.16 bits per heavy atom. The summed E-state index contributed by atoms with van der Waals surface area (Å²) in [6.45, 7) is 3.16. The molecule has 0 radical (unpaired) electrons. The maximum absolute atomic E-state index is 3.66. The normalized spacial score (nSPS) is 22.2. The van der Waals surface area contributed by atoms with Gasteiger partial charge in [0, 0.05) is 21.9 Å². The van der Waals surface area contributed by atoms with Gasteiger partial charge < -0.3 is 5.32 Å². The molecule has 0 atom stereocenters. The molecule has 0 aliphatic heterocycles. The Balaban J connectivity index is 1.49. The SMILES string of the molecule is Cc1cccc(C2CC(NCc3sccc3Br)C2)c1. The molecule has 0 bridgehead atoms. The average Bonchev–Trinajstić information content (AvgIpc) is 2.73. The van der Waals surface area contributed by atoms with Crippen molar-refractivity contribution in [2.45, 2.75) is 38.3 Å². The van der Waals surface area contributed by atoms with Crippen molar-refractivity contribution in [2.75, 3.05) is 0 Å². The lowest BCUT2D eigenvalue weighted by Crippen LogP contribution is -2.39. The fourth-order valence-electron chi connectivity index (χ4n) is 2.67. The van der Waals surface area contributed by atoms with Gasteiger partial charge in [0.1, 0.15) is 0 Å². The zero-order chi connectivity index (χ0) is 13.2. The summed E-state index contributed by atoms with van der Waals surface area (Å²) in [6.07, 6.45) is 2.54. The first-order valence-electron chi connectivity index (χ1n) is 6.74. The first-order chi connectivity index (χ1) is 9.22. The first kappa shape index (κ1) is 13.3. The predicted molar refractivity (Wildman–Crippen MR) is 85.8 cm³/mol. The van der Waals surface area contributed by atoms with Gasteiger partial charge >= 0.3 is 0 Å². The molecular weight excluding hydrogens is 318 g/mol. The second-order valence-electron chi connectivity index (χ2n) is 5.35. The van der Waals surface area contributed by atoms with Gasteiger partial charge in [-0.3, -0.25) is 0 Å². The predicted octanol–water partition coefficient (Wildman–Crippen LogP) is 4.85. The Morgan fingerprint density at radius 1 is 1.32 bits per heavy atom. The summed E-state index contributed by atoms with van der Waals surface area (Å²) in [7, 11) is 0. The third kappa shape index (κ3) is 3.10. The molecule has 1 heterocycles. The Kier molecular flexibility index (Phi) is 4.06. The molecule has 1 aliphatic carbocycles. The quantitative estimate of drug-likeness (QED) is 0.841. The van der Waals surface area contributed by atoms with Crippen LogP contribution in [0.15, 0.2) is 40.2 Å². The summed E-state index contributed by atoms with van der Waals surface area (Å²) in [4.78, 5) is 1.40. The molecule has 0 saturated heterocycles. The molecule has 1 fully saturated rings. The van der Waals surface area contributed by atoms with E-state index in [1.807, 2.05) is 11.3 Å². The van der Waals surface area contributed by atoms with Crippen molar-refractivity contribution in [1.82, 2.24) is 5.32 Å². The van der Waals surface area contributed by atoms with Gasteiger partial charge in [0.05, 0.1) is 0 Å². The summed E-state index contributed by atoms with van der Waals surface area (Å²) in [5, 5.41) is 5.79. The van der Waals surface area contributed by atoms with Crippen LogP contribution in [0.25, 0.3) is 0 Å². The highest BCUT2D eigenvalue weighted by atomic mass is 79.9. The molecule has 1 aliphatic rings. The third-order valence-corrected chi connectivity index (χ3v) is 5.82. The molecule has 1 N–H and O–H groups in total. The molecule has 1 nitrogen and oxygen atoms in total. The van der Waals surface area contributed by atoms with Crippen LogP contribution in [0.1, 0.15) is 34.8 Å². The Morgan fingerprint density at radius 3 is 2.84 bits per heavy atom. The summed E-state index contributed by atoms with van der Waals surface area (Å²) in [5.74, 6) is 0.754. The first-order valence-corrected chi connectivity index (χ1v) is 8.41. The van der Waals surface area contributed by atoms with Gasteiger partial charge in [-0.15, -0.1) is 11.3 Å². The minimum Gasteiger partial charge on any atom is -0.309 e. The van der Waals surface area contributed by atoms with E-state index in [0.29, 0.717) is 6.04 Å². The topological polar surface area (TPSA) is 12.0 Å². The van der Waals surface area contributed by atoms with E-state index in [0.717, 1.165) is 12.5 Å². The highest BCUT2D eigenvalue weighted by molar-refractivity contribution is 9.10. The van der Waals surface area contributed by atoms with Crippen molar-refractivity contribution in [3.05, 3.63) is 56.2 Å². The van der Waals surface area contributed by atoms with Crippen LogP contribution in [0.4, 0.5) is 0 Å². The minimum absolute atomic E-state index is 0.680. The van der Waals surface area contributed by atoms with Crippen molar-refractivity contribution in [2.24, 2.45) is 0 Å². The smallest absolute Gasteiger partial charge is 0.0327 e. The van der Waals surface area contributed by atoms with Gasteiger partial charge in [0.15, 0.2) is 0 Å². The van der Waals surface area contributed by atoms with Crippen LogP contribution >= 0.6 is 27.3 Å². The van der Waals surface area contributed by atoms with Crippen LogP contribution in [-0.2, 0) is 6.54 Å². The number of benzene rings is 1. The number of hydrogen-bond donors (Lipinski definition) is 1. The van der Waals surface area contributed by atoms with Crippen LogP contribution in [0.5, 0.6) is 0 Å². The number of thiophene rings is 1. The van der Waals surface area contributed by atoms with Crippen molar-refractivity contribution in [1.29, 1.82) is 0 Å². The summed E-state index contributed by atoms with van der Waals surface area (Å²) < 4.78 is 1.24. The van der Waals surface area contributed by atoms with Gasteiger partial charge in [-0.2, -0.15) is 0 Å². The molecule has 1 aromatic carbocycles. The molecule has 2 aromatic rings. The number of rotatable bonds is 4. The van der Waals surface area contributed by atoms with Crippen molar-refractivity contribution >= 4 is 27.3 Å². The molecule has 0 unspecified atom stereocenters. The molecule has 1 aromatic heterocycles. The van der Waals surface area contributed by atoms with E-state index < -0.39 is 0 Å². The standard InChI is InChI=1S/C16H18BrNS/c1-11-3-2-4-12(7-11)13-8-14(9-13)18-10-16-15(17)5-6-19-16/h2-7,13-14,18H,8-10H2,1H3. The monoisotopic (exact) mass is 335 g/mol. The highest BCUT2D eigenvalue weighted by Gasteiger charge is 2.29. The van der Waals surface area contributed by atoms with Crippen LogP contribution in [-0.4, -0.2) is 6.04 Å². The Hall–Kier alpha value is -0.640. The lowest BCUT2D eigenvalue weighted by molar-refractivity contribution is 0.290. The molecule has 1 saturated carbocycles. The minimum atomic E-state index is 0.680. The van der Waals surface area contributed by atoms with E-state index in [1.54, 1.807) is 0 Å². The maximum atomic E-state index is 3.66. The van der Waals surface area contributed by atoms with Gasteiger partial charge in [-0.1, -0.05) is 29.8 Å². The largest absolute Gasteiger partial charge is 0.309 e. The molecule has 3 heteroatoms. The van der Waals surface area contributed by atoms with Crippen molar-refractivity contribution < 1.29 is 0 Å². The number of nitrogens with one attached hydrogen (secondary N) is 1. The highest BCUT2D eigenvalue weighted by Crippen LogP contribution is 2.37. The molecule has 19 heavy (non-hydrogen) atoms. The van der Waals surface area contributed by atoms with Crippen LogP contribution in [0.2, 0.25) is 0 Å². The van der Waals surface area contributed by atoms with E-state index >= 15 is 0 Å². The Bertz CT molecular complexity index is 557. The van der Waals surface area contributed by atoms with E-state index in [9.17, 15) is 0 Å². The average molecular weight is 336 g/mol. The zero-order valence-electron chi connectivity index (χ0n) is 11.0. The van der Waals surface area contributed by atoms with Gasteiger partial charge in [-0.25, -0.2) is 0 Å². The summed E-state index contributed by atoms with van der Waals surface area (Å²) in [6, 6.07) is 11.7.